The number of ether oxygens (including phenoxy) is 1. The first-order valence-corrected chi connectivity index (χ1v) is 11.8. The molecule has 30 heavy (non-hydrogen) atoms. The number of carbonyl (C=O) groups is 2. The van der Waals surface area contributed by atoms with Crippen LogP contribution in [0.25, 0.3) is 0 Å². The van der Waals surface area contributed by atoms with E-state index in [1.54, 1.807) is 16.2 Å². The Morgan fingerprint density at radius 2 is 2.00 bits per heavy atom. The van der Waals surface area contributed by atoms with Crippen molar-refractivity contribution in [2.24, 2.45) is 5.92 Å². The van der Waals surface area contributed by atoms with E-state index in [1.807, 2.05) is 30.0 Å². The summed E-state index contributed by atoms with van der Waals surface area (Å²) in [6.45, 7) is 4.68. The highest BCUT2D eigenvalue weighted by Crippen LogP contribution is 2.38. The van der Waals surface area contributed by atoms with Crippen LogP contribution in [0.15, 0.2) is 41.8 Å². The molecular formula is C24H30N2O3S. The minimum Gasteiger partial charge on any atom is -0.382 e. The Hall–Kier alpha value is -2.18. The largest absolute Gasteiger partial charge is 0.382 e. The van der Waals surface area contributed by atoms with Crippen LogP contribution >= 0.6 is 11.3 Å². The second kappa shape index (κ2) is 9.75. The summed E-state index contributed by atoms with van der Waals surface area (Å²) < 4.78 is 5.43. The van der Waals surface area contributed by atoms with Crippen molar-refractivity contribution < 1.29 is 14.3 Å². The van der Waals surface area contributed by atoms with E-state index in [2.05, 4.69) is 23.6 Å². The van der Waals surface area contributed by atoms with Crippen LogP contribution in [0.2, 0.25) is 0 Å². The number of hydrogen-bond donors (Lipinski definition) is 0. The predicted molar refractivity (Wildman–Crippen MR) is 118 cm³/mol. The summed E-state index contributed by atoms with van der Waals surface area (Å²) in [5.41, 5.74) is 2.35. The Labute approximate surface area is 182 Å². The third kappa shape index (κ3) is 4.76. The lowest BCUT2D eigenvalue weighted by Gasteiger charge is -2.37. The van der Waals surface area contributed by atoms with Gasteiger partial charge in [-0.1, -0.05) is 30.3 Å². The van der Waals surface area contributed by atoms with Gasteiger partial charge in [0, 0.05) is 37.1 Å². The molecule has 0 radical (unpaired) electrons. The average molecular weight is 427 g/mol. The Morgan fingerprint density at radius 3 is 2.73 bits per heavy atom. The summed E-state index contributed by atoms with van der Waals surface area (Å²) in [7, 11) is 0. The molecule has 2 aromatic rings. The van der Waals surface area contributed by atoms with E-state index >= 15 is 0 Å². The van der Waals surface area contributed by atoms with Gasteiger partial charge in [0.15, 0.2) is 0 Å². The number of thiophene rings is 1. The summed E-state index contributed by atoms with van der Waals surface area (Å²) in [6, 6.07) is 12.3. The van der Waals surface area contributed by atoms with E-state index in [9.17, 15) is 9.59 Å². The molecule has 1 aromatic carbocycles. The van der Waals surface area contributed by atoms with E-state index in [0.717, 1.165) is 31.2 Å². The quantitative estimate of drug-likeness (QED) is 0.572. The summed E-state index contributed by atoms with van der Waals surface area (Å²) >= 11 is 1.77. The van der Waals surface area contributed by atoms with E-state index in [0.29, 0.717) is 26.3 Å². The first kappa shape index (κ1) is 21.1. The Kier molecular flexibility index (Phi) is 6.85. The molecule has 2 aliphatic rings. The highest BCUT2D eigenvalue weighted by Gasteiger charge is 2.37. The van der Waals surface area contributed by atoms with Crippen LogP contribution in [-0.4, -0.2) is 54.5 Å². The van der Waals surface area contributed by atoms with Crippen molar-refractivity contribution in [3.8, 4) is 0 Å². The molecule has 2 heterocycles. The fourth-order valence-electron chi connectivity index (χ4n) is 4.19. The van der Waals surface area contributed by atoms with Crippen molar-refractivity contribution >= 4 is 23.2 Å². The van der Waals surface area contributed by atoms with Crippen LogP contribution in [0.3, 0.4) is 0 Å². The van der Waals surface area contributed by atoms with E-state index < -0.39 is 0 Å². The van der Waals surface area contributed by atoms with Crippen molar-refractivity contribution in [1.82, 2.24) is 9.80 Å². The standard InChI is InChI=1S/C24H30N2O3S/c1-2-29-15-6-13-25(24(28)19-9-10-19)17-22(27)26-14-11-21-20(12-16-30-21)23(26)18-7-4-3-5-8-18/h3-5,7-8,12,16,19,23H,2,6,9-11,13-15,17H2,1H3. The fraction of sp³-hybridized carbons (Fsp3) is 0.500. The monoisotopic (exact) mass is 426 g/mol. The Morgan fingerprint density at radius 1 is 1.20 bits per heavy atom. The van der Waals surface area contributed by atoms with Crippen molar-refractivity contribution in [3.63, 3.8) is 0 Å². The molecule has 6 heteroatoms. The van der Waals surface area contributed by atoms with E-state index in [1.165, 1.54) is 10.4 Å². The van der Waals surface area contributed by atoms with Crippen LogP contribution in [0.1, 0.15) is 48.2 Å². The molecular weight excluding hydrogens is 396 g/mol. The first-order valence-electron chi connectivity index (χ1n) is 11.0. The number of fused-ring (bicyclic) bond motifs is 1. The summed E-state index contributed by atoms with van der Waals surface area (Å²) in [5.74, 6) is 0.273. The average Bonchev–Trinajstić information content (AvgIpc) is 3.52. The van der Waals surface area contributed by atoms with Crippen LogP contribution in [0, 0.1) is 5.92 Å². The highest BCUT2D eigenvalue weighted by atomic mass is 32.1. The minimum atomic E-state index is -0.0741. The summed E-state index contributed by atoms with van der Waals surface area (Å²) in [5, 5.41) is 2.12. The van der Waals surface area contributed by atoms with Crippen molar-refractivity contribution in [1.29, 1.82) is 0 Å². The molecule has 1 saturated carbocycles. The molecule has 0 N–H and O–H groups in total. The second-order valence-electron chi connectivity index (χ2n) is 8.03. The number of carbonyl (C=O) groups excluding carboxylic acids is 2. The second-order valence-corrected chi connectivity index (χ2v) is 9.03. The topological polar surface area (TPSA) is 49.9 Å². The van der Waals surface area contributed by atoms with Gasteiger partial charge in [-0.3, -0.25) is 9.59 Å². The smallest absolute Gasteiger partial charge is 0.242 e. The van der Waals surface area contributed by atoms with E-state index in [-0.39, 0.29) is 30.3 Å². The Balaban J connectivity index is 1.51. The first-order chi connectivity index (χ1) is 14.7. The van der Waals surface area contributed by atoms with Crippen LogP contribution in [0.4, 0.5) is 0 Å². The molecule has 2 amide bonds. The summed E-state index contributed by atoms with van der Waals surface area (Å²) in [6.07, 6.45) is 3.53. The van der Waals surface area contributed by atoms with Gasteiger partial charge >= 0.3 is 0 Å². The van der Waals surface area contributed by atoms with Crippen LogP contribution < -0.4 is 0 Å². The molecule has 0 saturated heterocycles. The predicted octanol–water partition coefficient (Wildman–Crippen LogP) is 3.89. The molecule has 160 valence electrons. The maximum absolute atomic E-state index is 13.5. The lowest BCUT2D eigenvalue weighted by Crippen LogP contribution is -2.47. The van der Waals surface area contributed by atoms with Gasteiger partial charge in [0.05, 0.1) is 12.6 Å². The number of hydrogen-bond acceptors (Lipinski definition) is 4. The zero-order valence-electron chi connectivity index (χ0n) is 17.6. The highest BCUT2D eigenvalue weighted by molar-refractivity contribution is 7.10. The molecule has 0 spiro atoms. The number of amides is 2. The lowest BCUT2D eigenvalue weighted by atomic mass is 9.93. The van der Waals surface area contributed by atoms with Crippen molar-refractivity contribution in [2.45, 2.75) is 38.6 Å². The number of nitrogens with zero attached hydrogens (tertiary/aromatic N) is 2. The molecule has 4 rings (SSSR count). The van der Waals surface area contributed by atoms with Gasteiger partial charge in [-0.25, -0.2) is 0 Å². The molecule has 1 aromatic heterocycles. The number of rotatable bonds is 9. The van der Waals surface area contributed by atoms with Gasteiger partial charge in [-0.2, -0.15) is 0 Å². The third-order valence-electron chi connectivity index (χ3n) is 5.89. The summed E-state index contributed by atoms with van der Waals surface area (Å²) in [4.78, 5) is 31.4. The zero-order valence-corrected chi connectivity index (χ0v) is 18.4. The third-order valence-corrected chi connectivity index (χ3v) is 6.88. The number of benzene rings is 1. The SMILES string of the molecule is CCOCCCN(CC(=O)N1CCc2sccc2C1c1ccccc1)C(=O)C1CC1. The van der Waals surface area contributed by atoms with Gasteiger partial charge < -0.3 is 14.5 Å². The van der Waals surface area contributed by atoms with E-state index in [4.69, 9.17) is 4.74 Å². The van der Waals surface area contributed by atoms with Gasteiger partial charge in [0.1, 0.15) is 0 Å². The molecule has 1 atom stereocenters. The maximum atomic E-state index is 13.5. The molecule has 5 nitrogen and oxygen atoms in total. The minimum absolute atomic E-state index is 0.0334. The van der Waals surface area contributed by atoms with Gasteiger partial charge in [-0.05, 0) is 55.2 Å². The molecule has 1 unspecified atom stereocenters. The Bertz CT molecular complexity index is 862. The zero-order chi connectivity index (χ0) is 20.9. The van der Waals surface area contributed by atoms with Crippen LogP contribution in [-0.2, 0) is 20.7 Å². The molecule has 1 aliphatic heterocycles. The molecule has 0 bridgehead atoms. The lowest BCUT2D eigenvalue weighted by molar-refractivity contribution is -0.142. The van der Waals surface area contributed by atoms with Gasteiger partial charge in [0.25, 0.3) is 0 Å². The molecule has 1 fully saturated rings. The fourth-order valence-corrected chi connectivity index (χ4v) is 5.10. The molecule has 1 aliphatic carbocycles. The normalized spacial score (nSPS) is 18.2. The van der Waals surface area contributed by atoms with Gasteiger partial charge in [-0.15, -0.1) is 11.3 Å². The maximum Gasteiger partial charge on any atom is 0.242 e. The van der Waals surface area contributed by atoms with Crippen molar-refractivity contribution in [3.05, 3.63) is 57.8 Å². The van der Waals surface area contributed by atoms with Gasteiger partial charge in [0.2, 0.25) is 11.8 Å². The van der Waals surface area contributed by atoms with Crippen molar-refractivity contribution in [2.75, 3.05) is 32.8 Å². The van der Waals surface area contributed by atoms with Crippen LogP contribution in [0.5, 0.6) is 0 Å².